The Hall–Kier alpha value is -1.71. The van der Waals surface area contributed by atoms with Crippen LogP contribution in [0.2, 0.25) is 0 Å². The summed E-state index contributed by atoms with van der Waals surface area (Å²) in [4.78, 5) is 11.2. The summed E-state index contributed by atoms with van der Waals surface area (Å²) in [6, 6.07) is 4.00. The van der Waals surface area contributed by atoms with Crippen LogP contribution >= 0.6 is 0 Å². The molecule has 1 aromatic carbocycles. The third kappa shape index (κ3) is 1.95. The van der Waals surface area contributed by atoms with E-state index in [1.54, 1.807) is 7.11 Å². The van der Waals surface area contributed by atoms with Gasteiger partial charge in [-0.15, -0.1) is 0 Å². The van der Waals surface area contributed by atoms with Gasteiger partial charge in [0.2, 0.25) is 0 Å². The minimum Gasteiger partial charge on any atom is -0.496 e. The summed E-state index contributed by atoms with van der Waals surface area (Å²) in [5, 5.41) is 2.69. The molecule has 92 valence electrons. The summed E-state index contributed by atoms with van der Waals surface area (Å²) in [7, 11) is 1.65. The number of carbonyl (C=O) groups is 1. The van der Waals surface area contributed by atoms with Crippen molar-refractivity contribution in [2.75, 3.05) is 13.7 Å². The first-order valence-corrected chi connectivity index (χ1v) is 5.59. The number of ether oxygens (including phenoxy) is 2. The molecule has 1 amide bonds. The van der Waals surface area contributed by atoms with E-state index in [0.29, 0.717) is 6.54 Å². The van der Waals surface area contributed by atoms with Crippen molar-refractivity contribution in [3.05, 3.63) is 28.8 Å². The SMILES string of the molecule is COc1cc(C)c(C2(C)CNC(=O)O2)cc1C. The molecule has 2 rings (SSSR count). The maximum Gasteiger partial charge on any atom is 0.408 e. The highest BCUT2D eigenvalue weighted by molar-refractivity contribution is 5.71. The maximum atomic E-state index is 11.2. The highest BCUT2D eigenvalue weighted by Gasteiger charge is 2.38. The van der Waals surface area contributed by atoms with Gasteiger partial charge in [-0.05, 0) is 44.0 Å². The van der Waals surface area contributed by atoms with E-state index in [4.69, 9.17) is 9.47 Å². The molecule has 1 aliphatic rings. The quantitative estimate of drug-likeness (QED) is 0.855. The average Bonchev–Trinajstić information content (AvgIpc) is 2.62. The molecule has 1 N–H and O–H groups in total. The van der Waals surface area contributed by atoms with Gasteiger partial charge in [0.25, 0.3) is 0 Å². The van der Waals surface area contributed by atoms with Gasteiger partial charge in [-0.1, -0.05) is 0 Å². The number of carbonyl (C=O) groups excluding carboxylic acids is 1. The highest BCUT2D eigenvalue weighted by atomic mass is 16.6. The number of methoxy groups -OCH3 is 1. The predicted molar refractivity (Wildman–Crippen MR) is 64.3 cm³/mol. The maximum absolute atomic E-state index is 11.2. The Kier molecular flexibility index (Phi) is 2.73. The zero-order chi connectivity index (χ0) is 12.6. The Bertz CT molecular complexity index is 470. The number of hydrogen-bond donors (Lipinski definition) is 1. The van der Waals surface area contributed by atoms with E-state index in [1.807, 2.05) is 32.9 Å². The van der Waals surface area contributed by atoms with Crippen LogP contribution in [0, 0.1) is 13.8 Å². The molecule has 4 nitrogen and oxygen atoms in total. The molecule has 1 unspecified atom stereocenters. The summed E-state index contributed by atoms with van der Waals surface area (Å²) in [5.74, 6) is 0.854. The molecule has 1 heterocycles. The zero-order valence-electron chi connectivity index (χ0n) is 10.6. The Morgan fingerprint density at radius 3 is 2.59 bits per heavy atom. The third-order valence-corrected chi connectivity index (χ3v) is 3.20. The Balaban J connectivity index is 2.46. The fourth-order valence-corrected chi connectivity index (χ4v) is 2.25. The van der Waals surface area contributed by atoms with Crippen LogP contribution in [0.15, 0.2) is 12.1 Å². The molecular weight excluding hydrogens is 218 g/mol. The molecule has 17 heavy (non-hydrogen) atoms. The standard InChI is InChI=1S/C13H17NO3/c1-8-6-11(16-4)9(2)5-10(8)13(3)7-14-12(15)17-13/h5-6H,7H2,1-4H3,(H,14,15). The molecule has 1 saturated heterocycles. The average molecular weight is 235 g/mol. The number of benzene rings is 1. The molecule has 0 saturated carbocycles. The van der Waals surface area contributed by atoms with Crippen molar-refractivity contribution in [2.24, 2.45) is 0 Å². The van der Waals surface area contributed by atoms with E-state index in [0.717, 1.165) is 22.4 Å². The molecule has 0 radical (unpaired) electrons. The first-order chi connectivity index (χ1) is 7.96. The number of rotatable bonds is 2. The van der Waals surface area contributed by atoms with Gasteiger partial charge in [0, 0.05) is 5.56 Å². The number of hydrogen-bond acceptors (Lipinski definition) is 3. The summed E-state index contributed by atoms with van der Waals surface area (Å²) < 4.78 is 10.6. The van der Waals surface area contributed by atoms with Gasteiger partial charge in [0.15, 0.2) is 5.60 Å². The van der Waals surface area contributed by atoms with Crippen molar-refractivity contribution in [1.29, 1.82) is 0 Å². The van der Waals surface area contributed by atoms with Crippen molar-refractivity contribution in [2.45, 2.75) is 26.4 Å². The Morgan fingerprint density at radius 1 is 1.35 bits per heavy atom. The van der Waals surface area contributed by atoms with Crippen LogP contribution in [0.5, 0.6) is 5.75 Å². The molecule has 1 aliphatic heterocycles. The van der Waals surface area contributed by atoms with E-state index >= 15 is 0 Å². The Labute approximate surface area is 101 Å². The molecule has 0 aliphatic carbocycles. The molecule has 4 heteroatoms. The second-order valence-corrected chi connectivity index (χ2v) is 4.61. The fourth-order valence-electron chi connectivity index (χ4n) is 2.25. The van der Waals surface area contributed by atoms with Crippen molar-refractivity contribution in [3.63, 3.8) is 0 Å². The van der Waals surface area contributed by atoms with Gasteiger partial charge >= 0.3 is 6.09 Å². The molecule has 0 aromatic heterocycles. The molecule has 1 fully saturated rings. The van der Waals surface area contributed by atoms with E-state index in [2.05, 4.69) is 5.32 Å². The second-order valence-electron chi connectivity index (χ2n) is 4.61. The highest BCUT2D eigenvalue weighted by Crippen LogP contribution is 2.34. The molecular formula is C13H17NO3. The van der Waals surface area contributed by atoms with Crippen LogP contribution in [0.4, 0.5) is 4.79 Å². The molecule has 1 aromatic rings. The van der Waals surface area contributed by atoms with Gasteiger partial charge in [0.1, 0.15) is 5.75 Å². The van der Waals surface area contributed by atoms with Crippen LogP contribution < -0.4 is 10.1 Å². The molecule has 0 spiro atoms. The fraction of sp³-hybridized carbons (Fsp3) is 0.462. The summed E-state index contributed by atoms with van der Waals surface area (Å²) in [6.07, 6.45) is -0.361. The van der Waals surface area contributed by atoms with Gasteiger partial charge in [-0.25, -0.2) is 4.79 Å². The van der Waals surface area contributed by atoms with E-state index in [1.165, 1.54) is 0 Å². The van der Waals surface area contributed by atoms with E-state index < -0.39 is 5.60 Å². The number of nitrogens with one attached hydrogen (secondary N) is 1. The zero-order valence-corrected chi connectivity index (χ0v) is 10.6. The van der Waals surface area contributed by atoms with Crippen molar-refractivity contribution >= 4 is 6.09 Å². The monoisotopic (exact) mass is 235 g/mol. The normalized spacial score (nSPS) is 23.2. The summed E-state index contributed by atoms with van der Waals surface area (Å²) >= 11 is 0. The van der Waals surface area contributed by atoms with Crippen LogP contribution in [-0.4, -0.2) is 19.7 Å². The van der Waals surface area contributed by atoms with Crippen LogP contribution in [-0.2, 0) is 10.3 Å². The number of amides is 1. The van der Waals surface area contributed by atoms with Crippen LogP contribution in [0.25, 0.3) is 0 Å². The first-order valence-electron chi connectivity index (χ1n) is 5.59. The minimum absolute atomic E-state index is 0.361. The lowest BCUT2D eigenvalue weighted by Gasteiger charge is -2.24. The predicted octanol–water partition coefficient (Wildman–Crippen LogP) is 2.27. The summed E-state index contributed by atoms with van der Waals surface area (Å²) in [5.41, 5.74) is 2.54. The lowest BCUT2D eigenvalue weighted by Crippen LogP contribution is -2.27. The van der Waals surface area contributed by atoms with E-state index in [-0.39, 0.29) is 6.09 Å². The Morgan fingerprint density at radius 2 is 2.06 bits per heavy atom. The summed E-state index contributed by atoms with van der Waals surface area (Å²) in [6.45, 7) is 6.39. The number of cyclic esters (lactones) is 1. The van der Waals surface area contributed by atoms with Crippen molar-refractivity contribution in [1.82, 2.24) is 5.32 Å². The minimum atomic E-state index is -0.585. The van der Waals surface area contributed by atoms with E-state index in [9.17, 15) is 4.79 Å². The van der Waals surface area contributed by atoms with Gasteiger partial charge < -0.3 is 14.8 Å². The lowest BCUT2D eigenvalue weighted by atomic mass is 9.90. The smallest absolute Gasteiger partial charge is 0.408 e. The van der Waals surface area contributed by atoms with Gasteiger partial charge in [-0.2, -0.15) is 0 Å². The topological polar surface area (TPSA) is 47.6 Å². The number of alkyl carbamates (subject to hydrolysis) is 1. The second kappa shape index (κ2) is 3.95. The molecule has 1 atom stereocenters. The van der Waals surface area contributed by atoms with Crippen LogP contribution in [0.3, 0.4) is 0 Å². The number of aryl methyl sites for hydroxylation is 2. The van der Waals surface area contributed by atoms with Gasteiger partial charge in [-0.3, -0.25) is 0 Å². The third-order valence-electron chi connectivity index (χ3n) is 3.20. The lowest BCUT2D eigenvalue weighted by molar-refractivity contribution is 0.0699. The van der Waals surface area contributed by atoms with Gasteiger partial charge in [0.05, 0.1) is 13.7 Å². The van der Waals surface area contributed by atoms with Crippen LogP contribution in [0.1, 0.15) is 23.6 Å². The molecule has 0 bridgehead atoms. The first kappa shape index (κ1) is 11.8. The van der Waals surface area contributed by atoms with Crippen molar-refractivity contribution in [3.8, 4) is 5.75 Å². The largest absolute Gasteiger partial charge is 0.496 e. The van der Waals surface area contributed by atoms with Crippen molar-refractivity contribution < 1.29 is 14.3 Å².